The lowest BCUT2D eigenvalue weighted by atomic mass is 9.89. The Balaban J connectivity index is 2.00. The number of rotatable bonds is 7. The Morgan fingerprint density at radius 3 is 2.26 bits per heavy atom. The lowest BCUT2D eigenvalue weighted by Gasteiger charge is -2.16. The molecule has 158 valence electrons. The SMILES string of the molecule is C/C=C(/C(Cc1ccccc1C)=N/OC(C)=O)c1ccccc1Cc1ccc(N)cc1. The average molecular weight is 413 g/mol. The molecule has 0 fully saturated rings. The molecule has 0 aromatic heterocycles. The second-order valence-electron chi connectivity index (χ2n) is 7.50. The van der Waals surface area contributed by atoms with Crippen molar-refractivity contribution in [1.82, 2.24) is 0 Å². The van der Waals surface area contributed by atoms with Crippen LogP contribution in [0.3, 0.4) is 0 Å². The zero-order valence-corrected chi connectivity index (χ0v) is 18.3. The van der Waals surface area contributed by atoms with Crippen LogP contribution in [0.4, 0.5) is 5.69 Å². The summed E-state index contributed by atoms with van der Waals surface area (Å²) >= 11 is 0. The van der Waals surface area contributed by atoms with Gasteiger partial charge in [-0.05, 0) is 60.2 Å². The van der Waals surface area contributed by atoms with Crippen molar-refractivity contribution in [3.05, 3.63) is 107 Å². The first-order valence-corrected chi connectivity index (χ1v) is 10.4. The first-order chi connectivity index (χ1) is 15.0. The fourth-order valence-corrected chi connectivity index (χ4v) is 3.56. The molecule has 0 aliphatic carbocycles. The molecule has 4 nitrogen and oxygen atoms in total. The van der Waals surface area contributed by atoms with E-state index in [2.05, 4.69) is 36.3 Å². The quantitative estimate of drug-likeness (QED) is 0.233. The number of nitrogens with zero attached hydrogens (tertiary/aromatic N) is 1. The molecule has 3 aromatic rings. The van der Waals surface area contributed by atoms with Crippen molar-refractivity contribution in [2.75, 3.05) is 5.73 Å². The molecule has 2 N–H and O–H groups in total. The molecule has 3 aromatic carbocycles. The summed E-state index contributed by atoms with van der Waals surface area (Å²) in [6.07, 6.45) is 3.36. The summed E-state index contributed by atoms with van der Waals surface area (Å²) in [5.41, 5.74) is 14.0. The molecule has 0 amide bonds. The van der Waals surface area contributed by atoms with Crippen LogP contribution >= 0.6 is 0 Å². The number of aryl methyl sites for hydroxylation is 1. The van der Waals surface area contributed by atoms with Crippen LogP contribution in [0.2, 0.25) is 0 Å². The van der Waals surface area contributed by atoms with E-state index in [4.69, 9.17) is 10.6 Å². The molecular formula is C27H28N2O2. The molecule has 0 aliphatic heterocycles. The van der Waals surface area contributed by atoms with Crippen LogP contribution in [-0.2, 0) is 22.5 Å². The molecule has 0 saturated heterocycles. The molecule has 0 aliphatic rings. The van der Waals surface area contributed by atoms with Gasteiger partial charge in [-0.25, -0.2) is 4.79 Å². The smallest absolute Gasteiger partial charge is 0.331 e. The molecule has 0 heterocycles. The highest BCUT2D eigenvalue weighted by molar-refractivity contribution is 6.24. The Labute approximate surface area is 184 Å². The zero-order valence-electron chi connectivity index (χ0n) is 18.3. The molecule has 4 heteroatoms. The van der Waals surface area contributed by atoms with E-state index in [-0.39, 0.29) is 0 Å². The monoisotopic (exact) mass is 412 g/mol. The van der Waals surface area contributed by atoms with Gasteiger partial charge < -0.3 is 10.6 Å². The Hall–Kier alpha value is -3.66. The van der Waals surface area contributed by atoms with Crippen LogP contribution in [-0.4, -0.2) is 11.7 Å². The van der Waals surface area contributed by atoms with Gasteiger partial charge in [-0.2, -0.15) is 0 Å². The van der Waals surface area contributed by atoms with E-state index in [1.807, 2.05) is 61.5 Å². The van der Waals surface area contributed by atoms with E-state index < -0.39 is 5.97 Å². The number of oxime groups is 1. The van der Waals surface area contributed by atoms with Crippen molar-refractivity contribution in [1.29, 1.82) is 0 Å². The van der Waals surface area contributed by atoms with Crippen molar-refractivity contribution in [3.63, 3.8) is 0 Å². The van der Waals surface area contributed by atoms with Crippen LogP contribution in [0.5, 0.6) is 0 Å². The Morgan fingerprint density at radius 2 is 1.61 bits per heavy atom. The summed E-state index contributed by atoms with van der Waals surface area (Å²) in [5, 5.41) is 4.25. The van der Waals surface area contributed by atoms with Gasteiger partial charge in [0.15, 0.2) is 0 Å². The number of benzene rings is 3. The summed E-state index contributed by atoms with van der Waals surface area (Å²) in [7, 11) is 0. The summed E-state index contributed by atoms with van der Waals surface area (Å²) in [4.78, 5) is 16.6. The second-order valence-corrected chi connectivity index (χ2v) is 7.50. The third kappa shape index (κ3) is 5.92. The Kier molecular flexibility index (Phi) is 7.39. The number of hydrogen-bond acceptors (Lipinski definition) is 4. The van der Waals surface area contributed by atoms with E-state index in [0.717, 1.165) is 34.5 Å². The topological polar surface area (TPSA) is 64.7 Å². The minimum Gasteiger partial charge on any atom is -0.399 e. The van der Waals surface area contributed by atoms with Gasteiger partial charge in [0, 0.05) is 24.6 Å². The largest absolute Gasteiger partial charge is 0.399 e. The number of nitrogens with two attached hydrogens (primary N) is 1. The Bertz CT molecular complexity index is 1110. The van der Waals surface area contributed by atoms with E-state index in [9.17, 15) is 4.79 Å². The van der Waals surface area contributed by atoms with Gasteiger partial charge >= 0.3 is 5.97 Å². The fraction of sp³-hybridized carbons (Fsp3) is 0.185. The lowest BCUT2D eigenvalue weighted by Crippen LogP contribution is -2.11. The number of carbonyl (C=O) groups excluding carboxylic acids is 1. The maximum absolute atomic E-state index is 11.5. The average Bonchev–Trinajstić information content (AvgIpc) is 2.76. The van der Waals surface area contributed by atoms with Gasteiger partial charge in [-0.15, -0.1) is 0 Å². The van der Waals surface area contributed by atoms with Crippen LogP contribution in [0.15, 0.2) is 84.0 Å². The lowest BCUT2D eigenvalue weighted by molar-refractivity contribution is -0.140. The summed E-state index contributed by atoms with van der Waals surface area (Å²) < 4.78 is 0. The predicted molar refractivity (Wildman–Crippen MR) is 128 cm³/mol. The van der Waals surface area contributed by atoms with Crippen LogP contribution in [0.25, 0.3) is 5.57 Å². The highest BCUT2D eigenvalue weighted by atomic mass is 16.7. The van der Waals surface area contributed by atoms with Gasteiger partial charge in [0.1, 0.15) is 0 Å². The molecule has 0 spiro atoms. The van der Waals surface area contributed by atoms with Gasteiger partial charge in [0.2, 0.25) is 0 Å². The number of anilines is 1. The Morgan fingerprint density at radius 1 is 0.968 bits per heavy atom. The van der Waals surface area contributed by atoms with E-state index in [1.54, 1.807) is 0 Å². The molecule has 3 rings (SSSR count). The van der Waals surface area contributed by atoms with Gasteiger partial charge in [0.25, 0.3) is 0 Å². The highest BCUT2D eigenvalue weighted by Gasteiger charge is 2.16. The highest BCUT2D eigenvalue weighted by Crippen LogP contribution is 2.26. The summed E-state index contributed by atoms with van der Waals surface area (Å²) in [5.74, 6) is -0.437. The summed E-state index contributed by atoms with van der Waals surface area (Å²) in [6.45, 7) is 5.42. The van der Waals surface area contributed by atoms with Gasteiger partial charge in [-0.3, -0.25) is 0 Å². The summed E-state index contributed by atoms with van der Waals surface area (Å²) in [6, 6.07) is 24.4. The number of allylic oxidation sites excluding steroid dienone is 2. The first-order valence-electron chi connectivity index (χ1n) is 10.4. The molecule has 0 saturated carbocycles. The normalized spacial score (nSPS) is 12.0. The van der Waals surface area contributed by atoms with Crippen LogP contribution in [0, 0.1) is 6.92 Å². The van der Waals surface area contributed by atoms with E-state index >= 15 is 0 Å². The molecule has 0 radical (unpaired) electrons. The molecule has 0 unspecified atom stereocenters. The molecule has 31 heavy (non-hydrogen) atoms. The molecule has 0 atom stereocenters. The van der Waals surface area contributed by atoms with Crippen molar-refractivity contribution in [3.8, 4) is 0 Å². The van der Waals surface area contributed by atoms with Crippen LogP contribution < -0.4 is 5.73 Å². The zero-order chi connectivity index (χ0) is 22.2. The van der Waals surface area contributed by atoms with E-state index in [1.165, 1.54) is 23.6 Å². The predicted octanol–water partition coefficient (Wildman–Crippen LogP) is 5.73. The molecular weight excluding hydrogens is 384 g/mol. The van der Waals surface area contributed by atoms with Crippen molar-refractivity contribution in [2.24, 2.45) is 5.16 Å². The van der Waals surface area contributed by atoms with Crippen LogP contribution in [0.1, 0.15) is 41.7 Å². The maximum atomic E-state index is 11.5. The molecule has 0 bridgehead atoms. The van der Waals surface area contributed by atoms with Crippen molar-refractivity contribution >= 4 is 22.9 Å². The van der Waals surface area contributed by atoms with Crippen molar-refractivity contribution < 1.29 is 9.63 Å². The minimum absolute atomic E-state index is 0.437. The minimum atomic E-state index is -0.437. The van der Waals surface area contributed by atoms with Gasteiger partial charge in [0.05, 0.1) is 5.71 Å². The maximum Gasteiger partial charge on any atom is 0.331 e. The van der Waals surface area contributed by atoms with E-state index in [0.29, 0.717) is 6.42 Å². The van der Waals surface area contributed by atoms with Gasteiger partial charge in [-0.1, -0.05) is 71.9 Å². The third-order valence-electron chi connectivity index (χ3n) is 5.18. The van der Waals surface area contributed by atoms with Crippen molar-refractivity contribution in [2.45, 2.75) is 33.6 Å². The number of carbonyl (C=O) groups is 1. The fourth-order valence-electron chi connectivity index (χ4n) is 3.56. The third-order valence-corrected chi connectivity index (χ3v) is 5.18. The second kappa shape index (κ2) is 10.4. The standard InChI is InChI=1S/C27H28N2O2/c1-4-25(27(29-31-20(3)30)18-22-10-6-5-9-19(22)2)26-12-8-7-11-23(26)17-21-13-15-24(28)16-14-21/h4-16H,17-18,28H2,1-3H3/b25-4+,29-27+. The first kappa shape index (κ1) is 22.0. The number of hydrogen-bond donors (Lipinski definition) is 1. The number of nitrogen functional groups attached to an aromatic ring is 1.